The van der Waals surface area contributed by atoms with Gasteiger partial charge in [0.05, 0.1) is 5.02 Å². The lowest BCUT2D eigenvalue weighted by Crippen LogP contribution is -1.95. The summed E-state index contributed by atoms with van der Waals surface area (Å²) < 4.78 is 12.9. The van der Waals surface area contributed by atoms with Gasteiger partial charge in [0, 0.05) is 11.9 Å². The van der Waals surface area contributed by atoms with Crippen molar-refractivity contribution >= 4 is 23.1 Å². The molecule has 0 unspecified atom stereocenters. The minimum Gasteiger partial charge on any atom is -0.340 e. The van der Waals surface area contributed by atoms with E-state index in [1.54, 1.807) is 12.3 Å². The summed E-state index contributed by atoms with van der Waals surface area (Å²) in [4.78, 5) is 4.18. The number of hydrogen-bond donors (Lipinski definition) is 1. The second-order valence-electron chi connectivity index (χ2n) is 3.42. The van der Waals surface area contributed by atoms with E-state index in [1.165, 1.54) is 12.1 Å². The van der Waals surface area contributed by atoms with Gasteiger partial charge in [-0.25, -0.2) is 9.37 Å². The maximum atomic E-state index is 12.9. The lowest BCUT2D eigenvalue weighted by Gasteiger charge is -2.08. The van der Waals surface area contributed by atoms with Gasteiger partial charge in [0.2, 0.25) is 0 Å². The summed E-state index contributed by atoms with van der Waals surface area (Å²) in [6.07, 6.45) is 1.69. The topological polar surface area (TPSA) is 24.9 Å². The van der Waals surface area contributed by atoms with Crippen molar-refractivity contribution < 1.29 is 4.39 Å². The molecule has 1 N–H and O–H groups in total. The van der Waals surface area contributed by atoms with Crippen molar-refractivity contribution in [2.75, 3.05) is 5.32 Å². The predicted octanol–water partition coefficient (Wildman–Crippen LogP) is 3.93. The first-order valence-electron chi connectivity index (χ1n) is 4.80. The van der Waals surface area contributed by atoms with Gasteiger partial charge >= 0.3 is 0 Å². The molecule has 0 fully saturated rings. The Kier molecular flexibility index (Phi) is 3.06. The maximum absolute atomic E-state index is 12.9. The normalized spacial score (nSPS) is 10.2. The molecule has 2 aromatic rings. The molecule has 0 atom stereocenters. The number of halogens is 2. The largest absolute Gasteiger partial charge is 0.340 e. The number of rotatable bonds is 2. The Morgan fingerprint density at radius 1 is 1.31 bits per heavy atom. The molecule has 82 valence electrons. The van der Waals surface area contributed by atoms with Gasteiger partial charge in [-0.05, 0) is 36.8 Å². The van der Waals surface area contributed by atoms with E-state index in [0.717, 1.165) is 11.4 Å². The van der Waals surface area contributed by atoms with Crippen LogP contribution >= 0.6 is 11.6 Å². The van der Waals surface area contributed by atoms with Gasteiger partial charge in [-0.2, -0.15) is 0 Å². The molecule has 0 saturated carbocycles. The zero-order valence-corrected chi connectivity index (χ0v) is 9.42. The highest BCUT2D eigenvalue weighted by Gasteiger charge is 2.03. The van der Waals surface area contributed by atoms with E-state index in [4.69, 9.17) is 11.6 Å². The molecule has 0 saturated heterocycles. The lowest BCUT2D eigenvalue weighted by atomic mass is 10.2. The van der Waals surface area contributed by atoms with E-state index >= 15 is 0 Å². The molecule has 1 heterocycles. The highest BCUT2D eigenvalue weighted by molar-refractivity contribution is 6.31. The molecule has 0 spiro atoms. The summed E-state index contributed by atoms with van der Waals surface area (Å²) in [6.45, 7) is 1.94. The zero-order valence-electron chi connectivity index (χ0n) is 8.67. The summed E-state index contributed by atoms with van der Waals surface area (Å²) in [5.74, 6) is 0.315. The lowest BCUT2D eigenvalue weighted by molar-refractivity contribution is 0.628. The van der Waals surface area contributed by atoms with E-state index in [1.807, 2.05) is 19.1 Å². The smallest absolute Gasteiger partial charge is 0.141 e. The average molecular weight is 237 g/mol. The van der Waals surface area contributed by atoms with E-state index in [-0.39, 0.29) is 5.02 Å². The van der Waals surface area contributed by atoms with Gasteiger partial charge < -0.3 is 5.32 Å². The van der Waals surface area contributed by atoms with E-state index in [9.17, 15) is 4.39 Å². The van der Waals surface area contributed by atoms with Gasteiger partial charge in [-0.15, -0.1) is 0 Å². The number of benzene rings is 1. The van der Waals surface area contributed by atoms with Gasteiger partial charge in [0.25, 0.3) is 0 Å². The second kappa shape index (κ2) is 4.49. The molecule has 1 aromatic carbocycles. The third-order valence-electron chi connectivity index (χ3n) is 2.19. The molecule has 0 amide bonds. The number of aryl methyl sites for hydroxylation is 1. The van der Waals surface area contributed by atoms with Gasteiger partial charge in [0.15, 0.2) is 0 Å². The summed E-state index contributed by atoms with van der Waals surface area (Å²) in [6, 6.07) is 8.28. The Hall–Kier alpha value is -1.61. The first kappa shape index (κ1) is 10.9. The minimum atomic E-state index is -0.426. The summed E-state index contributed by atoms with van der Waals surface area (Å²) in [7, 11) is 0. The van der Waals surface area contributed by atoms with Crippen LogP contribution in [0.25, 0.3) is 0 Å². The van der Waals surface area contributed by atoms with Crippen LogP contribution in [0.1, 0.15) is 5.56 Å². The maximum Gasteiger partial charge on any atom is 0.141 e. The van der Waals surface area contributed by atoms with Crippen LogP contribution in [-0.2, 0) is 0 Å². The fourth-order valence-corrected chi connectivity index (χ4v) is 1.51. The third kappa shape index (κ3) is 2.31. The molecule has 0 bridgehead atoms. The Bertz CT molecular complexity index is 514. The van der Waals surface area contributed by atoms with Crippen LogP contribution in [0.2, 0.25) is 5.02 Å². The number of pyridine rings is 1. The van der Waals surface area contributed by atoms with Gasteiger partial charge in [-0.3, -0.25) is 0 Å². The van der Waals surface area contributed by atoms with Crippen molar-refractivity contribution in [2.45, 2.75) is 6.92 Å². The van der Waals surface area contributed by atoms with Crippen LogP contribution in [0.3, 0.4) is 0 Å². The molecule has 0 aliphatic rings. The van der Waals surface area contributed by atoms with Crippen LogP contribution < -0.4 is 5.32 Å². The van der Waals surface area contributed by atoms with E-state index in [2.05, 4.69) is 10.3 Å². The highest BCUT2D eigenvalue weighted by Crippen LogP contribution is 2.22. The molecule has 1 aromatic heterocycles. The van der Waals surface area contributed by atoms with Crippen molar-refractivity contribution in [1.29, 1.82) is 0 Å². The summed E-state index contributed by atoms with van der Waals surface area (Å²) in [5, 5.41) is 3.17. The molecule has 4 heteroatoms. The molecule has 0 radical (unpaired) electrons. The minimum absolute atomic E-state index is 0.0959. The van der Waals surface area contributed by atoms with Crippen LogP contribution in [0.15, 0.2) is 36.5 Å². The molecule has 2 rings (SSSR count). The number of aromatic nitrogens is 1. The molecule has 16 heavy (non-hydrogen) atoms. The van der Waals surface area contributed by atoms with Crippen molar-refractivity contribution in [3.05, 3.63) is 52.9 Å². The van der Waals surface area contributed by atoms with Crippen molar-refractivity contribution in [2.24, 2.45) is 0 Å². The third-order valence-corrected chi connectivity index (χ3v) is 2.48. The SMILES string of the molecule is Cc1cccnc1Nc1ccc(F)c(Cl)c1. The van der Waals surface area contributed by atoms with Crippen LogP contribution in [-0.4, -0.2) is 4.98 Å². The average Bonchev–Trinajstić information content (AvgIpc) is 2.27. The number of hydrogen-bond acceptors (Lipinski definition) is 2. The first-order valence-corrected chi connectivity index (χ1v) is 5.18. The molecule has 2 nitrogen and oxygen atoms in total. The number of nitrogens with zero attached hydrogens (tertiary/aromatic N) is 1. The Labute approximate surface area is 98.1 Å². The quantitative estimate of drug-likeness (QED) is 0.855. The van der Waals surface area contributed by atoms with Crippen molar-refractivity contribution in [1.82, 2.24) is 4.98 Å². The molecule has 0 aliphatic heterocycles. The summed E-state index contributed by atoms with van der Waals surface area (Å²) in [5.41, 5.74) is 1.73. The Balaban J connectivity index is 2.28. The van der Waals surface area contributed by atoms with Crippen LogP contribution in [0.5, 0.6) is 0 Å². The fraction of sp³-hybridized carbons (Fsp3) is 0.0833. The standard InChI is InChI=1S/C12H10ClFN2/c1-8-3-2-6-15-12(8)16-9-4-5-11(14)10(13)7-9/h2-7H,1H3,(H,15,16). The number of nitrogens with one attached hydrogen (secondary N) is 1. The zero-order chi connectivity index (χ0) is 11.5. The Morgan fingerprint density at radius 2 is 2.12 bits per heavy atom. The monoisotopic (exact) mass is 236 g/mol. The first-order chi connectivity index (χ1) is 7.66. The van der Waals surface area contributed by atoms with Crippen LogP contribution in [0, 0.1) is 12.7 Å². The predicted molar refractivity (Wildman–Crippen MR) is 63.7 cm³/mol. The van der Waals surface area contributed by atoms with E-state index in [0.29, 0.717) is 5.69 Å². The molecule has 0 aliphatic carbocycles. The fourth-order valence-electron chi connectivity index (χ4n) is 1.33. The summed E-state index contributed by atoms with van der Waals surface area (Å²) >= 11 is 5.68. The molecular formula is C12H10ClFN2. The molecular weight excluding hydrogens is 227 g/mol. The van der Waals surface area contributed by atoms with Crippen LogP contribution in [0.4, 0.5) is 15.9 Å². The second-order valence-corrected chi connectivity index (χ2v) is 3.83. The van der Waals surface area contributed by atoms with Gasteiger partial charge in [0.1, 0.15) is 11.6 Å². The van der Waals surface area contributed by atoms with Gasteiger partial charge in [-0.1, -0.05) is 17.7 Å². The number of anilines is 2. The van der Waals surface area contributed by atoms with E-state index < -0.39 is 5.82 Å². The Morgan fingerprint density at radius 3 is 2.81 bits per heavy atom. The van der Waals surface area contributed by atoms with Crippen molar-refractivity contribution in [3.63, 3.8) is 0 Å². The van der Waals surface area contributed by atoms with Crippen molar-refractivity contribution in [3.8, 4) is 0 Å². The highest BCUT2D eigenvalue weighted by atomic mass is 35.5.